The van der Waals surface area contributed by atoms with E-state index in [1.54, 1.807) is 7.11 Å². The number of amides is 1. The van der Waals surface area contributed by atoms with Crippen molar-refractivity contribution >= 4 is 11.6 Å². The van der Waals surface area contributed by atoms with Gasteiger partial charge in [-0.1, -0.05) is 66.7 Å². The van der Waals surface area contributed by atoms with E-state index in [4.69, 9.17) is 4.74 Å². The molecule has 1 aliphatic heterocycles. The minimum absolute atomic E-state index is 0.00483. The molecule has 0 radical (unpaired) electrons. The predicted octanol–water partition coefficient (Wildman–Crippen LogP) is 3.33. The minimum Gasteiger partial charge on any atom is -0.496 e. The number of ether oxygens (including phenoxy) is 1. The molecule has 1 aliphatic rings. The van der Waals surface area contributed by atoms with E-state index in [-0.39, 0.29) is 11.9 Å². The topological polar surface area (TPSA) is 56.8 Å². The molecule has 6 nitrogen and oxygen atoms in total. The van der Waals surface area contributed by atoms with Crippen molar-refractivity contribution in [3.63, 3.8) is 0 Å². The van der Waals surface area contributed by atoms with Gasteiger partial charge < -0.3 is 20.3 Å². The average Bonchev–Trinajstić information content (AvgIpc) is 2.90. The van der Waals surface area contributed by atoms with E-state index in [0.29, 0.717) is 19.6 Å². The Labute approximate surface area is 208 Å². The molecule has 0 bridgehead atoms. The molecule has 4 rings (SSSR count). The quantitative estimate of drug-likeness (QED) is 0.448. The third-order valence-corrected chi connectivity index (χ3v) is 6.45. The smallest absolute Gasteiger partial charge is 0.234 e. The van der Waals surface area contributed by atoms with Gasteiger partial charge in [-0.2, -0.15) is 0 Å². The van der Waals surface area contributed by atoms with Crippen LogP contribution in [0.3, 0.4) is 0 Å². The Balaban J connectivity index is 1.29. The lowest BCUT2D eigenvalue weighted by atomic mass is 10.1. The maximum Gasteiger partial charge on any atom is 0.234 e. The monoisotopic (exact) mass is 472 g/mol. The van der Waals surface area contributed by atoms with Crippen molar-refractivity contribution in [2.45, 2.75) is 19.0 Å². The van der Waals surface area contributed by atoms with Gasteiger partial charge in [-0.25, -0.2) is 0 Å². The summed E-state index contributed by atoms with van der Waals surface area (Å²) in [6.45, 7) is 5.44. The number of anilines is 1. The number of hydrogen-bond acceptors (Lipinski definition) is 5. The average molecular weight is 473 g/mol. The summed E-state index contributed by atoms with van der Waals surface area (Å²) in [7, 11) is 1.69. The van der Waals surface area contributed by atoms with E-state index in [0.717, 1.165) is 43.9 Å². The number of carbonyl (C=O) groups excluding carboxylic acids is 1. The first kappa shape index (κ1) is 24.8. The van der Waals surface area contributed by atoms with Crippen LogP contribution in [0.2, 0.25) is 0 Å². The molecule has 1 saturated heterocycles. The van der Waals surface area contributed by atoms with Crippen molar-refractivity contribution < 1.29 is 9.53 Å². The largest absolute Gasteiger partial charge is 0.496 e. The highest BCUT2D eigenvalue weighted by molar-refractivity contribution is 5.78. The van der Waals surface area contributed by atoms with E-state index in [1.165, 1.54) is 11.3 Å². The van der Waals surface area contributed by atoms with E-state index in [2.05, 4.69) is 62.9 Å². The molecular weight excluding hydrogens is 436 g/mol. The van der Waals surface area contributed by atoms with Gasteiger partial charge in [-0.15, -0.1) is 0 Å². The van der Waals surface area contributed by atoms with Crippen LogP contribution in [0.4, 0.5) is 5.69 Å². The maximum atomic E-state index is 13.0. The van der Waals surface area contributed by atoms with Crippen LogP contribution in [-0.4, -0.2) is 63.2 Å². The number of nitrogens with one attached hydrogen (secondary N) is 2. The molecule has 3 aromatic rings. The highest BCUT2D eigenvalue weighted by atomic mass is 16.5. The lowest BCUT2D eigenvalue weighted by Gasteiger charge is -2.36. The number of para-hydroxylation sites is 2. The molecule has 2 N–H and O–H groups in total. The Kier molecular flexibility index (Phi) is 9.15. The Morgan fingerprint density at radius 2 is 1.54 bits per heavy atom. The summed E-state index contributed by atoms with van der Waals surface area (Å²) in [5, 5.41) is 6.80. The standard InChI is InChI=1S/C29H36N4O2/c1-35-28-15-9-8-12-25(28)21-30-22-26(20-24-10-4-2-5-11-24)31-29(34)23-32-16-18-33(19-17-32)27-13-6-3-7-14-27/h2-15,26,30H,16-23H2,1H3,(H,31,34). The van der Waals surface area contributed by atoms with Gasteiger partial charge in [0.15, 0.2) is 0 Å². The zero-order valence-electron chi connectivity index (χ0n) is 20.5. The Morgan fingerprint density at radius 1 is 0.886 bits per heavy atom. The number of carbonyl (C=O) groups is 1. The van der Waals surface area contributed by atoms with E-state index >= 15 is 0 Å². The van der Waals surface area contributed by atoms with Crippen LogP contribution in [0, 0.1) is 0 Å². The summed E-state index contributed by atoms with van der Waals surface area (Å²) in [6, 6.07) is 28.8. The second-order valence-corrected chi connectivity index (χ2v) is 9.00. The second kappa shape index (κ2) is 12.9. The van der Waals surface area contributed by atoms with E-state index in [1.807, 2.05) is 42.5 Å². The zero-order chi connectivity index (χ0) is 24.3. The molecule has 0 spiro atoms. The molecule has 0 saturated carbocycles. The summed E-state index contributed by atoms with van der Waals surface area (Å²) >= 11 is 0. The molecule has 1 unspecified atom stereocenters. The molecule has 1 heterocycles. The van der Waals surface area contributed by atoms with Gasteiger partial charge in [-0.05, 0) is 30.2 Å². The van der Waals surface area contributed by atoms with Crippen molar-refractivity contribution in [3.05, 3.63) is 96.1 Å². The summed E-state index contributed by atoms with van der Waals surface area (Å²) in [6.07, 6.45) is 0.785. The van der Waals surface area contributed by atoms with Gasteiger partial charge in [-0.3, -0.25) is 9.69 Å². The first-order valence-electron chi connectivity index (χ1n) is 12.4. The highest BCUT2D eigenvalue weighted by Gasteiger charge is 2.21. The lowest BCUT2D eigenvalue weighted by Crippen LogP contribution is -2.52. The normalized spacial score (nSPS) is 14.9. The van der Waals surface area contributed by atoms with Crippen LogP contribution in [-0.2, 0) is 17.8 Å². The maximum absolute atomic E-state index is 13.0. The van der Waals surface area contributed by atoms with Crippen molar-refractivity contribution in [1.29, 1.82) is 0 Å². The third-order valence-electron chi connectivity index (χ3n) is 6.45. The Bertz CT molecular complexity index is 1040. The first-order chi connectivity index (χ1) is 17.2. The van der Waals surface area contributed by atoms with Crippen molar-refractivity contribution in [2.24, 2.45) is 0 Å². The summed E-state index contributed by atoms with van der Waals surface area (Å²) < 4.78 is 5.46. The van der Waals surface area contributed by atoms with Gasteiger partial charge in [0.1, 0.15) is 5.75 Å². The zero-order valence-corrected chi connectivity index (χ0v) is 20.5. The van der Waals surface area contributed by atoms with E-state index in [9.17, 15) is 4.79 Å². The summed E-state index contributed by atoms with van der Waals surface area (Å²) in [4.78, 5) is 17.6. The fourth-order valence-electron chi connectivity index (χ4n) is 4.58. The number of nitrogens with zero attached hydrogens (tertiary/aromatic N) is 2. The number of methoxy groups -OCH3 is 1. The lowest BCUT2D eigenvalue weighted by molar-refractivity contribution is -0.123. The van der Waals surface area contributed by atoms with Gasteiger partial charge >= 0.3 is 0 Å². The molecular formula is C29H36N4O2. The molecule has 0 aromatic heterocycles. The number of hydrogen-bond donors (Lipinski definition) is 2. The fourth-order valence-corrected chi connectivity index (χ4v) is 4.58. The van der Waals surface area contributed by atoms with E-state index < -0.39 is 0 Å². The van der Waals surface area contributed by atoms with Gasteiger partial charge in [0.05, 0.1) is 13.7 Å². The predicted molar refractivity (Wildman–Crippen MR) is 142 cm³/mol. The Hall–Kier alpha value is -3.35. The van der Waals surface area contributed by atoms with Gasteiger partial charge in [0.2, 0.25) is 5.91 Å². The molecule has 0 aliphatic carbocycles. The van der Waals surface area contributed by atoms with Crippen molar-refractivity contribution in [3.8, 4) is 5.75 Å². The van der Waals surface area contributed by atoms with Crippen molar-refractivity contribution in [1.82, 2.24) is 15.5 Å². The van der Waals surface area contributed by atoms with Crippen LogP contribution in [0.25, 0.3) is 0 Å². The number of rotatable bonds is 11. The van der Waals surface area contributed by atoms with Crippen LogP contribution in [0.15, 0.2) is 84.9 Å². The van der Waals surface area contributed by atoms with Crippen LogP contribution < -0.4 is 20.3 Å². The molecule has 6 heteroatoms. The molecule has 184 valence electrons. The molecule has 1 atom stereocenters. The molecule has 3 aromatic carbocycles. The van der Waals surface area contributed by atoms with Crippen LogP contribution in [0.5, 0.6) is 5.75 Å². The Morgan fingerprint density at radius 3 is 2.26 bits per heavy atom. The van der Waals surface area contributed by atoms with Gasteiger partial charge in [0, 0.05) is 56.6 Å². The van der Waals surface area contributed by atoms with Crippen LogP contribution in [0.1, 0.15) is 11.1 Å². The molecule has 1 fully saturated rings. The first-order valence-corrected chi connectivity index (χ1v) is 12.4. The third kappa shape index (κ3) is 7.57. The van der Waals surface area contributed by atoms with Crippen LogP contribution >= 0.6 is 0 Å². The summed E-state index contributed by atoms with van der Waals surface area (Å²) in [5.74, 6) is 0.955. The molecule has 1 amide bonds. The number of piperazine rings is 1. The molecule has 35 heavy (non-hydrogen) atoms. The summed E-state index contributed by atoms with van der Waals surface area (Å²) in [5.41, 5.74) is 3.57. The number of benzene rings is 3. The highest BCUT2D eigenvalue weighted by Crippen LogP contribution is 2.17. The SMILES string of the molecule is COc1ccccc1CNCC(Cc1ccccc1)NC(=O)CN1CCN(c2ccccc2)CC1. The van der Waals surface area contributed by atoms with Crippen molar-refractivity contribution in [2.75, 3.05) is 51.3 Å². The second-order valence-electron chi connectivity index (χ2n) is 9.00. The fraction of sp³-hybridized carbons (Fsp3) is 0.345. The van der Waals surface area contributed by atoms with Gasteiger partial charge in [0.25, 0.3) is 0 Å². The minimum atomic E-state index is 0.00483.